The smallest absolute Gasteiger partial charge is 0.389 e. The maximum absolute atomic E-state index is 12.7. The van der Waals surface area contributed by atoms with Crippen LogP contribution in [0, 0.1) is 0 Å². The summed E-state index contributed by atoms with van der Waals surface area (Å²) in [6.07, 6.45) is -1.65. The van der Waals surface area contributed by atoms with E-state index in [0.717, 1.165) is 17.1 Å². The van der Waals surface area contributed by atoms with Gasteiger partial charge in [0.2, 0.25) is 0 Å². The van der Waals surface area contributed by atoms with Gasteiger partial charge in [-0.1, -0.05) is 0 Å². The van der Waals surface area contributed by atoms with Gasteiger partial charge in [-0.2, -0.15) is 13.2 Å². The molecule has 3 aromatic rings. The number of pyridine rings is 1. The van der Waals surface area contributed by atoms with Crippen LogP contribution in [0.1, 0.15) is 38.4 Å². The molecule has 0 aliphatic rings. The second-order valence-electron chi connectivity index (χ2n) is 6.13. The van der Waals surface area contributed by atoms with Gasteiger partial charge in [0, 0.05) is 17.3 Å². The molecule has 5 N–H and O–H groups in total. The van der Waals surface area contributed by atoms with Crippen LogP contribution in [0.25, 0.3) is 11.4 Å². The van der Waals surface area contributed by atoms with E-state index in [-0.39, 0.29) is 24.0 Å². The molecule has 0 saturated carbocycles. The number of nitrogens with two attached hydrogens (primary N) is 1. The van der Waals surface area contributed by atoms with Crippen molar-refractivity contribution >= 4 is 17.2 Å². The summed E-state index contributed by atoms with van der Waals surface area (Å²) in [7, 11) is 0. The second kappa shape index (κ2) is 8.72. The Morgan fingerprint density at radius 3 is 2.62 bits per heavy atom. The fraction of sp³-hybridized carbons (Fsp3) is 0.278. The minimum absolute atomic E-state index is 0.186. The largest absolute Gasteiger partial charge is 0.417 e. The molecule has 1 amide bonds. The average Bonchev–Trinajstić information content (AvgIpc) is 3.37. The number of amides is 1. The Morgan fingerprint density at radius 2 is 2.03 bits per heavy atom. The van der Waals surface area contributed by atoms with E-state index in [0.29, 0.717) is 23.7 Å². The normalized spacial score (nSPS) is 12.7. The van der Waals surface area contributed by atoms with Crippen molar-refractivity contribution in [3.05, 3.63) is 57.8 Å². The molecule has 0 aromatic carbocycles. The lowest BCUT2D eigenvalue weighted by Gasteiger charge is -2.15. The maximum Gasteiger partial charge on any atom is 0.417 e. The van der Waals surface area contributed by atoms with Crippen LogP contribution in [-0.2, 0) is 12.8 Å². The van der Waals surface area contributed by atoms with Gasteiger partial charge in [0.1, 0.15) is 10.7 Å². The highest BCUT2D eigenvalue weighted by Gasteiger charge is 2.30. The lowest BCUT2D eigenvalue weighted by molar-refractivity contribution is -0.137. The molecule has 0 spiro atoms. The molecule has 1 unspecified atom stereocenters. The summed E-state index contributed by atoms with van der Waals surface area (Å²) in [4.78, 5) is 24.1. The van der Waals surface area contributed by atoms with E-state index < -0.39 is 17.6 Å². The van der Waals surface area contributed by atoms with Gasteiger partial charge in [0.05, 0.1) is 29.6 Å². The van der Waals surface area contributed by atoms with Crippen LogP contribution < -0.4 is 11.1 Å². The number of hydrogen-bond acceptors (Lipinski definition) is 6. The number of H-pyrrole nitrogens is 1. The molecule has 3 heterocycles. The van der Waals surface area contributed by atoms with Crippen LogP contribution in [-0.4, -0.2) is 32.5 Å². The Morgan fingerprint density at radius 1 is 1.24 bits per heavy atom. The summed E-state index contributed by atoms with van der Waals surface area (Å²) < 4.78 is 38.0. The summed E-state index contributed by atoms with van der Waals surface area (Å²) in [6.45, 7) is 0.150. The third-order valence-electron chi connectivity index (χ3n) is 4.11. The highest BCUT2D eigenvalue weighted by atomic mass is 32.1. The fourth-order valence-corrected chi connectivity index (χ4v) is 3.51. The van der Waals surface area contributed by atoms with Crippen molar-refractivity contribution in [1.29, 1.82) is 0 Å². The van der Waals surface area contributed by atoms with Gasteiger partial charge >= 0.3 is 6.18 Å². The molecule has 0 fully saturated rings. The van der Waals surface area contributed by atoms with E-state index >= 15 is 0 Å². The van der Waals surface area contributed by atoms with Crippen LogP contribution in [0.4, 0.5) is 13.2 Å². The number of aromatic nitrogens is 3. The second-order valence-corrected chi connectivity index (χ2v) is 7.28. The number of halogens is 3. The van der Waals surface area contributed by atoms with Crippen LogP contribution in [0.5, 0.6) is 0 Å². The molecule has 1 atom stereocenters. The van der Waals surface area contributed by atoms with E-state index in [1.54, 1.807) is 12.3 Å². The van der Waals surface area contributed by atoms with Crippen LogP contribution in [0.15, 0.2) is 36.7 Å². The molecule has 0 radical (unpaired) electrons. The fourth-order valence-electron chi connectivity index (χ4n) is 2.64. The zero-order valence-electron chi connectivity index (χ0n) is 15.0. The molecule has 11 heteroatoms. The van der Waals surface area contributed by atoms with E-state index in [9.17, 15) is 18.0 Å². The van der Waals surface area contributed by atoms with Gasteiger partial charge in [0.15, 0.2) is 0 Å². The van der Waals surface area contributed by atoms with E-state index in [4.69, 9.17) is 10.8 Å². The quantitative estimate of drug-likeness (QED) is 0.464. The summed E-state index contributed by atoms with van der Waals surface area (Å²) in [5.74, 6) is -0.402. The SMILES string of the molecule is NCCC(NC(=O)c1ccc(-c2ccc(C(F)(F)F)cn2)[nH]1)c1cnc(CO)s1. The van der Waals surface area contributed by atoms with Gasteiger partial charge in [-0.3, -0.25) is 9.78 Å². The molecule has 0 aliphatic heterocycles. The Balaban J connectivity index is 1.74. The number of hydrogen-bond donors (Lipinski definition) is 4. The molecule has 0 bridgehead atoms. The summed E-state index contributed by atoms with van der Waals surface area (Å²) in [5, 5.41) is 12.5. The van der Waals surface area contributed by atoms with Crippen LogP contribution in [0.3, 0.4) is 0 Å². The lowest BCUT2D eigenvalue weighted by Crippen LogP contribution is -2.29. The maximum atomic E-state index is 12.7. The van der Waals surface area contributed by atoms with Crippen molar-refractivity contribution in [3.8, 4) is 11.4 Å². The molecule has 3 rings (SSSR count). The van der Waals surface area contributed by atoms with E-state index in [1.807, 2.05) is 0 Å². The Bertz CT molecular complexity index is 969. The molecule has 29 heavy (non-hydrogen) atoms. The first-order chi connectivity index (χ1) is 13.8. The number of carbonyl (C=O) groups is 1. The summed E-state index contributed by atoms with van der Waals surface area (Å²) in [6, 6.07) is 4.89. The number of aliphatic hydroxyl groups excluding tert-OH is 1. The highest BCUT2D eigenvalue weighted by molar-refractivity contribution is 7.11. The number of nitrogens with zero attached hydrogens (tertiary/aromatic N) is 2. The molecule has 3 aromatic heterocycles. The van der Waals surface area contributed by atoms with Crippen molar-refractivity contribution in [2.24, 2.45) is 5.73 Å². The van der Waals surface area contributed by atoms with Gasteiger partial charge in [-0.25, -0.2) is 4.98 Å². The first-order valence-corrected chi connectivity index (χ1v) is 9.42. The Hall–Kier alpha value is -2.76. The first kappa shape index (κ1) is 21.0. The van der Waals surface area contributed by atoms with E-state index in [2.05, 4.69) is 20.3 Å². The van der Waals surface area contributed by atoms with Gasteiger partial charge in [-0.15, -0.1) is 11.3 Å². The number of thiazole rings is 1. The Kier molecular flexibility index (Phi) is 6.30. The van der Waals surface area contributed by atoms with Gasteiger partial charge in [-0.05, 0) is 37.2 Å². The number of carbonyl (C=O) groups excluding carboxylic acids is 1. The average molecular weight is 425 g/mol. The van der Waals surface area contributed by atoms with Crippen LogP contribution in [0.2, 0.25) is 0 Å². The standard InChI is InChI=1S/C18H18F3N5O2S/c19-18(20,21)10-1-2-11(23-7-10)12-3-4-14(25-12)17(28)26-13(5-6-22)15-8-24-16(9-27)29-15/h1-4,7-8,13,25,27H,5-6,9,22H2,(H,26,28). The molecule has 0 saturated heterocycles. The van der Waals surface area contributed by atoms with Crippen molar-refractivity contribution in [3.63, 3.8) is 0 Å². The molecule has 154 valence electrons. The topological polar surface area (TPSA) is 117 Å². The predicted octanol–water partition coefficient (Wildman–Crippen LogP) is 2.86. The zero-order valence-corrected chi connectivity index (χ0v) is 15.8. The van der Waals surface area contributed by atoms with Crippen molar-refractivity contribution in [2.75, 3.05) is 6.54 Å². The predicted molar refractivity (Wildman–Crippen MR) is 101 cm³/mol. The van der Waals surface area contributed by atoms with Gasteiger partial charge < -0.3 is 21.1 Å². The third-order valence-corrected chi connectivity index (χ3v) is 5.20. The minimum atomic E-state index is -4.46. The number of aromatic amines is 1. The third kappa shape index (κ3) is 5.00. The molecular weight excluding hydrogens is 407 g/mol. The zero-order chi connectivity index (χ0) is 21.0. The Labute approximate surface area is 167 Å². The molecular formula is C18H18F3N5O2S. The lowest BCUT2D eigenvalue weighted by atomic mass is 10.2. The van der Waals surface area contributed by atoms with Crippen LogP contribution >= 0.6 is 11.3 Å². The van der Waals surface area contributed by atoms with Crippen molar-refractivity contribution in [2.45, 2.75) is 25.2 Å². The van der Waals surface area contributed by atoms with Gasteiger partial charge in [0.25, 0.3) is 5.91 Å². The monoisotopic (exact) mass is 425 g/mol. The van der Waals surface area contributed by atoms with Crippen molar-refractivity contribution < 1.29 is 23.1 Å². The number of aliphatic hydroxyl groups is 1. The highest BCUT2D eigenvalue weighted by Crippen LogP contribution is 2.29. The number of rotatable bonds is 7. The number of nitrogens with one attached hydrogen (secondary N) is 2. The summed E-state index contributed by atoms with van der Waals surface area (Å²) >= 11 is 1.28. The minimum Gasteiger partial charge on any atom is -0.389 e. The summed E-state index contributed by atoms with van der Waals surface area (Å²) in [5.41, 5.74) is 5.72. The molecule has 7 nitrogen and oxygen atoms in total. The first-order valence-electron chi connectivity index (χ1n) is 8.61. The molecule has 0 aliphatic carbocycles. The van der Waals surface area contributed by atoms with Crippen molar-refractivity contribution in [1.82, 2.24) is 20.3 Å². The number of alkyl halides is 3. The van der Waals surface area contributed by atoms with E-state index in [1.165, 1.54) is 23.5 Å².